The molecule has 0 saturated carbocycles. The maximum absolute atomic E-state index is 12.8. The quantitative estimate of drug-likeness (QED) is 0.302. The number of unbranched alkanes of at least 4 members (excludes halogenated alkanes) is 2. The zero-order chi connectivity index (χ0) is 22.6. The fourth-order valence-electron chi connectivity index (χ4n) is 2.68. The first-order valence-electron chi connectivity index (χ1n) is 10.4. The molecule has 0 atom stereocenters. The van der Waals surface area contributed by atoms with E-state index in [0.29, 0.717) is 35.7 Å². The maximum Gasteiger partial charge on any atom is 0.261 e. The van der Waals surface area contributed by atoms with E-state index in [1.807, 2.05) is 6.07 Å². The van der Waals surface area contributed by atoms with Gasteiger partial charge in [0.05, 0.1) is 12.2 Å². The number of anilines is 1. The van der Waals surface area contributed by atoms with Crippen LogP contribution in [-0.2, 0) is 0 Å². The Morgan fingerprint density at radius 1 is 1.03 bits per heavy atom. The Kier molecular flexibility index (Phi) is 10.5. The molecule has 2 aromatic carbocycles. The molecule has 2 rings (SSSR count). The lowest BCUT2D eigenvalue weighted by atomic mass is 10.2. The Bertz CT molecular complexity index is 921. The molecular formula is C23H28BrN3O3S. The number of thiocarbonyl (C=S) groups is 1. The summed E-state index contributed by atoms with van der Waals surface area (Å²) in [6.45, 7) is 5.32. The highest BCUT2D eigenvalue weighted by atomic mass is 79.9. The Hall–Kier alpha value is -2.45. The number of rotatable bonds is 10. The number of carbonyl (C=O) groups is 2. The first-order chi connectivity index (χ1) is 14.9. The van der Waals surface area contributed by atoms with Gasteiger partial charge in [0.2, 0.25) is 0 Å². The molecule has 0 unspecified atom stereocenters. The van der Waals surface area contributed by atoms with Gasteiger partial charge in [-0.25, -0.2) is 0 Å². The van der Waals surface area contributed by atoms with E-state index >= 15 is 0 Å². The maximum atomic E-state index is 12.8. The summed E-state index contributed by atoms with van der Waals surface area (Å²) in [5.41, 5.74) is 1.52. The molecule has 8 heteroatoms. The van der Waals surface area contributed by atoms with Crippen molar-refractivity contribution >= 4 is 50.8 Å². The molecule has 166 valence electrons. The van der Waals surface area contributed by atoms with Gasteiger partial charge in [-0.3, -0.25) is 14.9 Å². The molecule has 6 nitrogen and oxygen atoms in total. The summed E-state index contributed by atoms with van der Waals surface area (Å²) >= 11 is 8.68. The van der Waals surface area contributed by atoms with Gasteiger partial charge in [-0.05, 0) is 61.5 Å². The van der Waals surface area contributed by atoms with Crippen molar-refractivity contribution in [3.63, 3.8) is 0 Å². The number of amides is 2. The molecule has 0 aliphatic heterocycles. The third-order valence-corrected chi connectivity index (χ3v) is 5.06. The highest BCUT2D eigenvalue weighted by Crippen LogP contribution is 2.23. The predicted molar refractivity (Wildman–Crippen MR) is 132 cm³/mol. The number of carbonyl (C=O) groups excluding carboxylic acids is 2. The van der Waals surface area contributed by atoms with Crippen LogP contribution < -0.4 is 20.7 Å². The smallest absolute Gasteiger partial charge is 0.261 e. The van der Waals surface area contributed by atoms with Crippen molar-refractivity contribution in [2.75, 3.05) is 18.5 Å². The molecule has 0 aliphatic rings. The monoisotopic (exact) mass is 505 g/mol. The van der Waals surface area contributed by atoms with Crippen LogP contribution in [0.1, 0.15) is 60.2 Å². The fourth-order valence-corrected chi connectivity index (χ4v) is 3.26. The lowest BCUT2D eigenvalue weighted by molar-refractivity contribution is 0.0950. The summed E-state index contributed by atoms with van der Waals surface area (Å²) in [6, 6.07) is 12.2. The second-order valence-electron chi connectivity index (χ2n) is 6.94. The van der Waals surface area contributed by atoms with Crippen LogP contribution in [0.25, 0.3) is 0 Å². The van der Waals surface area contributed by atoms with Gasteiger partial charge in [-0.15, -0.1) is 0 Å². The lowest BCUT2D eigenvalue weighted by Gasteiger charge is -2.14. The van der Waals surface area contributed by atoms with Gasteiger partial charge in [-0.2, -0.15) is 0 Å². The van der Waals surface area contributed by atoms with E-state index < -0.39 is 0 Å². The summed E-state index contributed by atoms with van der Waals surface area (Å²) in [4.78, 5) is 25.0. The first kappa shape index (κ1) is 24.8. The molecule has 2 aromatic rings. The van der Waals surface area contributed by atoms with E-state index in [-0.39, 0.29) is 16.9 Å². The minimum atomic E-state index is -0.376. The molecular weight excluding hydrogens is 478 g/mol. The predicted octanol–water partition coefficient (Wildman–Crippen LogP) is 5.28. The largest absolute Gasteiger partial charge is 0.493 e. The summed E-state index contributed by atoms with van der Waals surface area (Å²) < 4.78 is 6.51. The SMILES string of the molecule is CCCCNC(=O)c1cccc(NC(=S)NC(=O)c2cc(Br)ccc2OCCCC)c1. The van der Waals surface area contributed by atoms with E-state index in [4.69, 9.17) is 17.0 Å². The topological polar surface area (TPSA) is 79.5 Å². The number of halogens is 1. The van der Waals surface area contributed by atoms with Gasteiger partial charge in [0.15, 0.2) is 5.11 Å². The lowest BCUT2D eigenvalue weighted by Crippen LogP contribution is -2.34. The zero-order valence-electron chi connectivity index (χ0n) is 17.8. The third-order valence-electron chi connectivity index (χ3n) is 4.37. The number of nitrogens with one attached hydrogen (secondary N) is 3. The van der Waals surface area contributed by atoms with Gasteiger partial charge in [0.1, 0.15) is 5.75 Å². The van der Waals surface area contributed by atoms with Crippen molar-refractivity contribution < 1.29 is 14.3 Å². The molecule has 0 heterocycles. The van der Waals surface area contributed by atoms with Crippen molar-refractivity contribution in [2.24, 2.45) is 0 Å². The fraction of sp³-hybridized carbons (Fsp3) is 0.348. The molecule has 0 spiro atoms. The van der Waals surface area contributed by atoms with Crippen LogP contribution in [0.15, 0.2) is 46.9 Å². The molecule has 3 N–H and O–H groups in total. The average molecular weight is 506 g/mol. The van der Waals surface area contributed by atoms with E-state index in [1.54, 1.807) is 36.4 Å². The minimum absolute atomic E-state index is 0.132. The van der Waals surface area contributed by atoms with Crippen LogP contribution in [0.5, 0.6) is 5.75 Å². The zero-order valence-corrected chi connectivity index (χ0v) is 20.2. The molecule has 0 fully saturated rings. The van der Waals surface area contributed by atoms with Crippen molar-refractivity contribution in [3.8, 4) is 5.75 Å². The Morgan fingerprint density at radius 3 is 2.55 bits per heavy atom. The average Bonchev–Trinajstić information content (AvgIpc) is 2.75. The van der Waals surface area contributed by atoms with Gasteiger partial charge in [0.25, 0.3) is 11.8 Å². The molecule has 0 saturated heterocycles. The molecule has 31 heavy (non-hydrogen) atoms. The Labute approximate surface area is 197 Å². The molecule has 2 amide bonds. The highest BCUT2D eigenvalue weighted by Gasteiger charge is 2.15. The number of hydrogen-bond donors (Lipinski definition) is 3. The van der Waals surface area contributed by atoms with Gasteiger partial charge < -0.3 is 15.4 Å². The van der Waals surface area contributed by atoms with Crippen LogP contribution in [0, 0.1) is 0 Å². The van der Waals surface area contributed by atoms with Crippen LogP contribution in [-0.4, -0.2) is 30.1 Å². The van der Waals surface area contributed by atoms with E-state index in [9.17, 15) is 9.59 Å². The first-order valence-corrected chi connectivity index (χ1v) is 11.6. The highest BCUT2D eigenvalue weighted by molar-refractivity contribution is 9.10. The number of benzene rings is 2. The summed E-state index contributed by atoms with van der Waals surface area (Å²) in [5.74, 6) is -0.0171. The van der Waals surface area contributed by atoms with Gasteiger partial charge >= 0.3 is 0 Å². The molecule has 0 radical (unpaired) electrons. The Balaban J connectivity index is 2.01. The summed E-state index contributed by atoms with van der Waals surface area (Å²) in [6.07, 6.45) is 3.85. The van der Waals surface area contributed by atoms with Gasteiger partial charge in [0, 0.05) is 22.3 Å². The summed E-state index contributed by atoms with van der Waals surface area (Å²) in [7, 11) is 0. The van der Waals surface area contributed by atoms with Crippen molar-refractivity contribution in [3.05, 3.63) is 58.1 Å². The molecule has 0 aliphatic carbocycles. The minimum Gasteiger partial charge on any atom is -0.493 e. The van der Waals surface area contributed by atoms with E-state index in [0.717, 1.165) is 30.2 Å². The Morgan fingerprint density at radius 2 is 1.81 bits per heavy atom. The van der Waals surface area contributed by atoms with Crippen LogP contribution in [0.2, 0.25) is 0 Å². The third kappa shape index (κ3) is 8.30. The molecule has 0 aromatic heterocycles. The van der Waals surface area contributed by atoms with Crippen LogP contribution in [0.4, 0.5) is 5.69 Å². The van der Waals surface area contributed by atoms with Crippen molar-refractivity contribution in [1.82, 2.24) is 10.6 Å². The number of ether oxygens (including phenoxy) is 1. The number of hydrogen-bond acceptors (Lipinski definition) is 4. The van der Waals surface area contributed by atoms with E-state index in [2.05, 4.69) is 45.7 Å². The molecule has 0 bridgehead atoms. The second kappa shape index (κ2) is 13.1. The van der Waals surface area contributed by atoms with Gasteiger partial charge in [-0.1, -0.05) is 48.7 Å². The van der Waals surface area contributed by atoms with Crippen molar-refractivity contribution in [2.45, 2.75) is 39.5 Å². The van der Waals surface area contributed by atoms with Crippen LogP contribution in [0.3, 0.4) is 0 Å². The second-order valence-corrected chi connectivity index (χ2v) is 8.26. The van der Waals surface area contributed by atoms with Crippen LogP contribution >= 0.6 is 28.1 Å². The summed E-state index contributed by atoms with van der Waals surface area (Å²) in [5, 5.41) is 8.64. The normalized spacial score (nSPS) is 10.3. The standard InChI is InChI=1S/C23H28BrN3O3S/c1-3-5-12-25-21(28)16-8-7-9-18(14-16)26-23(31)27-22(29)19-15-17(24)10-11-20(19)30-13-6-4-2/h7-11,14-15H,3-6,12-13H2,1-2H3,(H,25,28)(H2,26,27,29,31). The van der Waals surface area contributed by atoms with E-state index in [1.165, 1.54) is 0 Å². The van der Waals surface area contributed by atoms with Crippen molar-refractivity contribution in [1.29, 1.82) is 0 Å².